The molecule has 202 valence electrons. The summed E-state index contributed by atoms with van der Waals surface area (Å²) in [7, 11) is 1.84. The number of carbonyl (C=O) groups excluding carboxylic acids is 2. The lowest BCUT2D eigenvalue weighted by atomic mass is 9.79. The molecule has 0 aliphatic rings. The third-order valence-corrected chi connectivity index (χ3v) is 8.97. The highest BCUT2D eigenvalue weighted by Crippen LogP contribution is 2.42. The standard InChI is InChI=1S/C32H40O4P2/c1-31(2,3)25-21-26(32(4,5)6)28(22-27(25)35-29(33)17-19-37)36-30(34)18-20-38(23-13-9-7-10-14-23)24-15-11-8-12-16-24/h7-16,21-22H,17-20,37H2,1-6H3. The van der Waals surface area contributed by atoms with E-state index in [1.165, 1.54) is 10.6 Å². The minimum Gasteiger partial charge on any atom is -0.426 e. The van der Waals surface area contributed by atoms with Crippen LogP contribution in [-0.2, 0) is 20.4 Å². The number of hydrogen-bond donors (Lipinski definition) is 0. The van der Waals surface area contributed by atoms with Crippen molar-refractivity contribution in [3.8, 4) is 11.5 Å². The first-order chi connectivity index (χ1) is 17.9. The minimum atomic E-state index is -0.703. The molecular weight excluding hydrogens is 510 g/mol. The molecule has 4 nitrogen and oxygen atoms in total. The van der Waals surface area contributed by atoms with Crippen molar-refractivity contribution in [3.63, 3.8) is 0 Å². The third kappa shape index (κ3) is 8.23. The maximum atomic E-state index is 13.3. The molecule has 1 unspecified atom stereocenters. The van der Waals surface area contributed by atoms with Crippen LogP contribution in [0.15, 0.2) is 72.8 Å². The van der Waals surface area contributed by atoms with Crippen molar-refractivity contribution < 1.29 is 19.1 Å². The van der Waals surface area contributed by atoms with Gasteiger partial charge in [-0.3, -0.25) is 9.59 Å². The molecule has 38 heavy (non-hydrogen) atoms. The fraction of sp³-hybridized carbons (Fsp3) is 0.375. The van der Waals surface area contributed by atoms with E-state index in [4.69, 9.17) is 9.47 Å². The van der Waals surface area contributed by atoms with Gasteiger partial charge in [0.15, 0.2) is 0 Å². The van der Waals surface area contributed by atoms with Gasteiger partial charge in [-0.25, -0.2) is 0 Å². The summed E-state index contributed by atoms with van der Waals surface area (Å²) in [6, 6.07) is 24.5. The average molecular weight is 551 g/mol. The molecule has 0 aromatic heterocycles. The Kier molecular flexibility index (Phi) is 10.3. The Morgan fingerprint density at radius 3 is 1.50 bits per heavy atom. The van der Waals surface area contributed by atoms with Crippen LogP contribution in [0.3, 0.4) is 0 Å². The molecule has 3 rings (SSSR count). The van der Waals surface area contributed by atoms with E-state index in [2.05, 4.69) is 75.0 Å². The molecule has 0 spiro atoms. The van der Waals surface area contributed by atoms with Crippen molar-refractivity contribution in [2.75, 3.05) is 12.3 Å². The second-order valence-electron chi connectivity index (χ2n) is 11.4. The lowest BCUT2D eigenvalue weighted by Crippen LogP contribution is -2.22. The number of rotatable bonds is 9. The molecule has 0 saturated heterocycles. The maximum Gasteiger partial charge on any atom is 0.311 e. The summed E-state index contributed by atoms with van der Waals surface area (Å²) in [5, 5.41) is 2.46. The quantitative estimate of drug-likeness (QED) is 0.166. The average Bonchev–Trinajstić information content (AvgIpc) is 2.84. The second kappa shape index (κ2) is 13.0. The van der Waals surface area contributed by atoms with Crippen LogP contribution in [0.5, 0.6) is 11.5 Å². The molecule has 1 atom stereocenters. The van der Waals surface area contributed by atoms with E-state index in [-0.39, 0.29) is 29.2 Å². The summed E-state index contributed by atoms with van der Waals surface area (Å²) in [6.45, 7) is 12.5. The molecule has 6 heteroatoms. The summed E-state index contributed by atoms with van der Waals surface area (Å²) < 4.78 is 11.8. The molecule has 0 N–H and O–H groups in total. The molecule has 0 heterocycles. The van der Waals surface area contributed by atoms with E-state index in [1.54, 1.807) is 6.07 Å². The predicted molar refractivity (Wildman–Crippen MR) is 163 cm³/mol. The first-order valence-corrected chi connectivity index (χ1v) is 15.4. The van der Waals surface area contributed by atoms with E-state index in [0.29, 0.717) is 30.2 Å². The van der Waals surface area contributed by atoms with Crippen LogP contribution >= 0.6 is 17.2 Å². The summed E-state index contributed by atoms with van der Waals surface area (Å²) in [5.74, 6) is 0.309. The highest BCUT2D eigenvalue weighted by molar-refractivity contribution is 7.73. The van der Waals surface area contributed by atoms with Crippen LogP contribution < -0.4 is 20.1 Å². The molecular formula is C32H40O4P2. The minimum absolute atomic E-state index is 0.264. The molecule has 3 aromatic rings. The van der Waals surface area contributed by atoms with Gasteiger partial charge in [0, 0.05) is 23.6 Å². The zero-order valence-electron chi connectivity index (χ0n) is 23.4. The van der Waals surface area contributed by atoms with E-state index >= 15 is 0 Å². The molecule has 3 aromatic carbocycles. The topological polar surface area (TPSA) is 52.6 Å². The Hall–Kier alpha value is -2.54. The zero-order chi connectivity index (χ0) is 27.9. The van der Waals surface area contributed by atoms with Gasteiger partial charge >= 0.3 is 11.9 Å². The number of carbonyl (C=O) groups is 2. The first-order valence-electron chi connectivity index (χ1n) is 13.1. The zero-order valence-corrected chi connectivity index (χ0v) is 25.5. The van der Waals surface area contributed by atoms with E-state index in [9.17, 15) is 9.59 Å². The van der Waals surface area contributed by atoms with Gasteiger partial charge in [-0.05, 0) is 47.8 Å². The van der Waals surface area contributed by atoms with E-state index in [1.807, 2.05) is 42.5 Å². The molecule has 0 fully saturated rings. The number of hydrogen-bond acceptors (Lipinski definition) is 4. The van der Waals surface area contributed by atoms with Gasteiger partial charge in [0.1, 0.15) is 11.5 Å². The number of esters is 2. The van der Waals surface area contributed by atoms with Crippen molar-refractivity contribution in [3.05, 3.63) is 83.9 Å². The molecule has 0 saturated carbocycles. The number of benzene rings is 3. The van der Waals surface area contributed by atoms with Crippen molar-refractivity contribution in [2.45, 2.75) is 65.2 Å². The van der Waals surface area contributed by atoms with Crippen LogP contribution in [0.2, 0.25) is 0 Å². The van der Waals surface area contributed by atoms with Gasteiger partial charge in [-0.2, -0.15) is 0 Å². The van der Waals surface area contributed by atoms with E-state index < -0.39 is 7.92 Å². The van der Waals surface area contributed by atoms with E-state index in [0.717, 1.165) is 11.1 Å². The van der Waals surface area contributed by atoms with Crippen LogP contribution in [0.1, 0.15) is 65.5 Å². The summed E-state index contributed by atoms with van der Waals surface area (Å²) in [5.41, 5.74) is 1.28. The van der Waals surface area contributed by atoms with Crippen molar-refractivity contribution in [1.82, 2.24) is 0 Å². The van der Waals surface area contributed by atoms with Gasteiger partial charge in [-0.1, -0.05) is 102 Å². The van der Waals surface area contributed by atoms with Gasteiger partial charge < -0.3 is 9.47 Å². The Bertz CT molecular complexity index is 1190. The maximum absolute atomic E-state index is 13.3. The largest absolute Gasteiger partial charge is 0.426 e. The Balaban J connectivity index is 1.91. The van der Waals surface area contributed by atoms with Crippen molar-refractivity contribution in [1.29, 1.82) is 0 Å². The van der Waals surface area contributed by atoms with Gasteiger partial charge in [-0.15, -0.1) is 9.24 Å². The number of ether oxygens (including phenoxy) is 2. The van der Waals surface area contributed by atoms with Crippen molar-refractivity contribution >= 4 is 39.7 Å². The third-order valence-electron chi connectivity index (χ3n) is 6.17. The normalized spacial score (nSPS) is 11.9. The lowest BCUT2D eigenvalue weighted by Gasteiger charge is -2.29. The predicted octanol–water partition coefficient (Wildman–Crippen LogP) is 6.88. The van der Waals surface area contributed by atoms with Gasteiger partial charge in [0.25, 0.3) is 0 Å². The fourth-order valence-corrected chi connectivity index (χ4v) is 6.71. The summed E-state index contributed by atoms with van der Waals surface area (Å²) in [6.07, 6.45) is 1.88. The van der Waals surface area contributed by atoms with Gasteiger partial charge in [0.2, 0.25) is 0 Å². The SMILES string of the molecule is CC(C)(C)c1cc(C(C)(C)C)c(OC(=O)CCP(c2ccccc2)c2ccccc2)cc1OC(=O)CCP. The molecule has 0 bridgehead atoms. The fourth-order valence-electron chi connectivity index (χ4n) is 4.19. The van der Waals surface area contributed by atoms with Crippen LogP contribution in [0.25, 0.3) is 0 Å². The van der Waals surface area contributed by atoms with Crippen molar-refractivity contribution in [2.24, 2.45) is 0 Å². The molecule has 0 aliphatic heterocycles. The van der Waals surface area contributed by atoms with Gasteiger partial charge in [0.05, 0.1) is 6.42 Å². The smallest absolute Gasteiger partial charge is 0.311 e. The molecule has 0 aliphatic carbocycles. The Morgan fingerprint density at radius 1 is 0.684 bits per heavy atom. The first kappa shape index (κ1) is 30.0. The Labute approximate surface area is 231 Å². The van der Waals surface area contributed by atoms with Crippen LogP contribution in [-0.4, -0.2) is 24.3 Å². The molecule has 0 amide bonds. The van der Waals surface area contributed by atoms with Crippen LogP contribution in [0.4, 0.5) is 0 Å². The highest BCUT2D eigenvalue weighted by Gasteiger charge is 2.29. The van der Waals surface area contributed by atoms with Crippen LogP contribution in [0, 0.1) is 0 Å². The highest BCUT2D eigenvalue weighted by atomic mass is 31.1. The Morgan fingerprint density at radius 2 is 1.11 bits per heavy atom. The summed E-state index contributed by atoms with van der Waals surface area (Å²) >= 11 is 0. The second-order valence-corrected chi connectivity index (χ2v) is 14.3. The molecule has 0 radical (unpaired) electrons. The lowest BCUT2D eigenvalue weighted by molar-refractivity contribution is -0.134. The summed E-state index contributed by atoms with van der Waals surface area (Å²) in [4.78, 5) is 25.7. The monoisotopic (exact) mass is 550 g/mol.